The molecule has 0 unspecified atom stereocenters. The van der Waals surface area contributed by atoms with Crippen LogP contribution in [0.4, 0.5) is 0 Å². The van der Waals surface area contributed by atoms with Crippen LogP contribution in [0.15, 0.2) is 40.6 Å². The van der Waals surface area contributed by atoms with Crippen molar-refractivity contribution in [2.24, 2.45) is 0 Å². The topological polar surface area (TPSA) is 67.4 Å². The van der Waals surface area contributed by atoms with Gasteiger partial charge in [-0.15, -0.1) is 11.3 Å². The summed E-state index contributed by atoms with van der Waals surface area (Å²) in [4.78, 5) is 1.29. The maximum atomic E-state index is 12.2. The Bertz CT molecular complexity index is 696. The third kappa shape index (κ3) is 4.28. The molecule has 0 atom stereocenters. The van der Waals surface area contributed by atoms with Crippen molar-refractivity contribution in [3.8, 4) is 5.75 Å². The molecule has 0 aliphatic carbocycles. The van der Waals surface area contributed by atoms with Crippen LogP contribution in [-0.2, 0) is 23.1 Å². The molecule has 5 nitrogen and oxygen atoms in total. The van der Waals surface area contributed by atoms with Gasteiger partial charge >= 0.3 is 0 Å². The van der Waals surface area contributed by atoms with Crippen LogP contribution in [0, 0.1) is 0 Å². The summed E-state index contributed by atoms with van der Waals surface area (Å²) in [5.41, 5.74) is 0.851. The quantitative estimate of drug-likeness (QED) is 0.816. The molecule has 0 saturated carbocycles. The second-order valence-corrected chi connectivity index (χ2v) is 7.22. The van der Waals surface area contributed by atoms with Gasteiger partial charge in [-0.25, -0.2) is 13.1 Å². The van der Waals surface area contributed by atoms with E-state index in [1.807, 2.05) is 31.3 Å². The molecule has 0 saturated heterocycles. The Morgan fingerprint density at radius 1 is 1.24 bits per heavy atom. The minimum atomic E-state index is -3.48. The molecular formula is C14H18N2O3S2. The fourth-order valence-corrected chi connectivity index (χ4v) is 4.12. The van der Waals surface area contributed by atoms with Gasteiger partial charge in [-0.3, -0.25) is 0 Å². The molecule has 0 aliphatic heterocycles. The first-order chi connectivity index (χ1) is 10.0. The zero-order chi connectivity index (χ0) is 15.3. The van der Waals surface area contributed by atoms with E-state index in [4.69, 9.17) is 4.74 Å². The van der Waals surface area contributed by atoms with Crippen molar-refractivity contribution in [1.82, 2.24) is 10.0 Å². The second-order valence-electron chi connectivity index (χ2n) is 4.46. The number of rotatable bonds is 7. The van der Waals surface area contributed by atoms with E-state index >= 15 is 0 Å². The number of thiophene rings is 1. The van der Waals surface area contributed by atoms with Crippen molar-refractivity contribution in [3.05, 3.63) is 46.2 Å². The van der Waals surface area contributed by atoms with Gasteiger partial charge in [0.25, 0.3) is 0 Å². The summed E-state index contributed by atoms with van der Waals surface area (Å²) in [6, 6.07) is 9.00. The Morgan fingerprint density at radius 2 is 2.05 bits per heavy atom. The standard InChI is InChI=1S/C14H18N2O3S2/c1-15-9-13-7-14(10-20-13)21(17,18)16-8-11-4-3-5-12(6-11)19-2/h3-7,10,15-16H,8-9H2,1-2H3. The normalized spacial score (nSPS) is 11.5. The van der Waals surface area contributed by atoms with Gasteiger partial charge in [-0.1, -0.05) is 12.1 Å². The fourth-order valence-electron chi connectivity index (χ4n) is 1.81. The highest BCUT2D eigenvalue weighted by atomic mass is 32.2. The predicted octanol–water partition coefficient (Wildman–Crippen LogP) is 1.95. The van der Waals surface area contributed by atoms with Gasteiger partial charge < -0.3 is 10.1 Å². The van der Waals surface area contributed by atoms with Crippen molar-refractivity contribution >= 4 is 21.4 Å². The van der Waals surface area contributed by atoms with Gasteiger partial charge in [0.05, 0.1) is 12.0 Å². The Kier molecular flexibility index (Phi) is 5.35. The number of methoxy groups -OCH3 is 1. The number of benzene rings is 1. The summed E-state index contributed by atoms with van der Waals surface area (Å²) in [5.74, 6) is 0.707. The van der Waals surface area contributed by atoms with E-state index in [-0.39, 0.29) is 6.54 Å². The molecule has 0 radical (unpaired) electrons. The SMILES string of the molecule is CNCc1cc(S(=O)(=O)NCc2cccc(OC)c2)cs1. The Morgan fingerprint density at radius 3 is 2.76 bits per heavy atom. The predicted molar refractivity (Wildman–Crippen MR) is 84.1 cm³/mol. The van der Waals surface area contributed by atoms with E-state index in [0.717, 1.165) is 10.4 Å². The molecule has 7 heteroatoms. The van der Waals surface area contributed by atoms with E-state index in [2.05, 4.69) is 10.0 Å². The largest absolute Gasteiger partial charge is 0.497 e. The first-order valence-electron chi connectivity index (χ1n) is 6.40. The van der Waals surface area contributed by atoms with Gasteiger partial charge in [-0.05, 0) is 30.8 Å². The molecule has 2 aromatic rings. The maximum Gasteiger partial charge on any atom is 0.241 e. The zero-order valence-electron chi connectivity index (χ0n) is 11.9. The van der Waals surface area contributed by atoms with E-state index in [9.17, 15) is 8.42 Å². The molecule has 0 bridgehead atoms. The lowest BCUT2D eigenvalue weighted by molar-refractivity contribution is 0.414. The smallest absolute Gasteiger partial charge is 0.241 e. The lowest BCUT2D eigenvalue weighted by Gasteiger charge is -2.06. The van der Waals surface area contributed by atoms with Crippen molar-refractivity contribution < 1.29 is 13.2 Å². The maximum absolute atomic E-state index is 12.2. The van der Waals surface area contributed by atoms with E-state index in [1.54, 1.807) is 18.6 Å². The summed E-state index contributed by atoms with van der Waals surface area (Å²) in [7, 11) is -0.0741. The molecule has 1 heterocycles. The minimum Gasteiger partial charge on any atom is -0.497 e. The summed E-state index contributed by atoms with van der Waals surface area (Å²) in [5, 5.41) is 4.65. The highest BCUT2D eigenvalue weighted by molar-refractivity contribution is 7.89. The second kappa shape index (κ2) is 7.04. The van der Waals surface area contributed by atoms with Crippen LogP contribution in [0.3, 0.4) is 0 Å². The number of sulfonamides is 1. The van der Waals surface area contributed by atoms with Crippen LogP contribution >= 0.6 is 11.3 Å². The molecule has 0 aliphatic rings. The van der Waals surface area contributed by atoms with Crippen LogP contribution < -0.4 is 14.8 Å². The average Bonchev–Trinajstić information content (AvgIpc) is 2.95. The van der Waals surface area contributed by atoms with Gasteiger partial charge in [0.1, 0.15) is 5.75 Å². The summed E-state index contributed by atoms with van der Waals surface area (Å²) in [6.45, 7) is 0.896. The molecule has 0 fully saturated rings. The van der Waals surface area contributed by atoms with E-state index in [1.165, 1.54) is 11.3 Å². The molecule has 2 N–H and O–H groups in total. The average molecular weight is 326 g/mol. The minimum absolute atomic E-state index is 0.233. The molecule has 21 heavy (non-hydrogen) atoms. The van der Waals surface area contributed by atoms with E-state index < -0.39 is 10.0 Å². The number of nitrogens with one attached hydrogen (secondary N) is 2. The van der Waals surface area contributed by atoms with Crippen LogP contribution in [0.25, 0.3) is 0 Å². The van der Waals surface area contributed by atoms with Gasteiger partial charge in [0, 0.05) is 23.3 Å². The van der Waals surface area contributed by atoms with Crippen molar-refractivity contribution in [1.29, 1.82) is 0 Å². The van der Waals surface area contributed by atoms with Crippen LogP contribution in [0.1, 0.15) is 10.4 Å². The summed E-state index contributed by atoms with van der Waals surface area (Å²) < 4.78 is 32.2. The zero-order valence-corrected chi connectivity index (χ0v) is 13.6. The molecule has 1 aromatic heterocycles. The van der Waals surface area contributed by atoms with Gasteiger partial charge in [-0.2, -0.15) is 0 Å². The molecule has 1 aromatic carbocycles. The molecule has 2 rings (SSSR count). The highest BCUT2D eigenvalue weighted by Crippen LogP contribution is 2.19. The lowest BCUT2D eigenvalue weighted by atomic mass is 10.2. The third-order valence-corrected chi connectivity index (χ3v) is 5.36. The molecule has 114 valence electrons. The highest BCUT2D eigenvalue weighted by Gasteiger charge is 2.15. The van der Waals surface area contributed by atoms with E-state index in [0.29, 0.717) is 17.2 Å². The van der Waals surface area contributed by atoms with Crippen LogP contribution in [-0.4, -0.2) is 22.6 Å². The summed E-state index contributed by atoms with van der Waals surface area (Å²) >= 11 is 1.43. The number of ether oxygens (including phenoxy) is 1. The summed E-state index contributed by atoms with van der Waals surface area (Å²) in [6.07, 6.45) is 0. The molecular weight excluding hydrogens is 308 g/mol. The Balaban J connectivity index is 2.06. The van der Waals surface area contributed by atoms with Gasteiger partial charge in [0.2, 0.25) is 10.0 Å². The molecule has 0 spiro atoms. The fraction of sp³-hybridized carbons (Fsp3) is 0.286. The first-order valence-corrected chi connectivity index (χ1v) is 8.76. The number of hydrogen-bond acceptors (Lipinski definition) is 5. The Labute approximate surface area is 129 Å². The van der Waals surface area contributed by atoms with Crippen molar-refractivity contribution in [2.45, 2.75) is 18.0 Å². The monoisotopic (exact) mass is 326 g/mol. The van der Waals surface area contributed by atoms with Crippen LogP contribution in [0.5, 0.6) is 5.75 Å². The van der Waals surface area contributed by atoms with Gasteiger partial charge in [0.15, 0.2) is 0 Å². The third-order valence-electron chi connectivity index (χ3n) is 2.89. The lowest BCUT2D eigenvalue weighted by Crippen LogP contribution is -2.22. The van der Waals surface area contributed by atoms with Crippen molar-refractivity contribution in [2.75, 3.05) is 14.2 Å². The van der Waals surface area contributed by atoms with Crippen LogP contribution in [0.2, 0.25) is 0 Å². The van der Waals surface area contributed by atoms with Crippen molar-refractivity contribution in [3.63, 3.8) is 0 Å². The molecule has 0 amide bonds. The first kappa shape index (κ1) is 16.0. The number of hydrogen-bond donors (Lipinski definition) is 2. The Hall–Kier alpha value is -1.41.